The van der Waals surface area contributed by atoms with Crippen molar-refractivity contribution < 1.29 is 5.11 Å². The lowest BCUT2D eigenvalue weighted by Crippen LogP contribution is -2.09. The maximum atomic E-state index is 9.47. The molecule has 1 aliphatic carbocycles. The number of hydrogen-bond donors (Lipinski definition) is 3. The zero-order valence-electron chi connectivity index (χ0n) is 10.0. The van der Waals surface area contributed by atoms with E-state index < -0.39 is 0 Å². The number of benzene rings is 2. The molecule has 0 bridgehead atoms. The van der Waals surface area contributed by atoms with E-state index in [1.165, 1.54) is 11.1 Å². The predicted octanol–water partition coefficient (Wildman–Crippen LogP) is 2.95. The lowest BCUT2D eigenvalue weighted by atomic mass is 10.1. The number of nitrogens with two attached hydrogens (primary N) is 1. The van der Waals surface area contributed by atoms with Gasteiger partial charge in [0.1, 0.15) is 5.75 Å². The normalized spacial score (nSPS) is 21.6. The van der Waals surface area contributed by atoms with Crippen LogP contribution in [0.15, 0.2) is 48.5 Å². The number of aromatic hydroxyl groups is 1. The summed E-state index contributed by atoms with van der Waals surface area (Å²) in [6.45, 7) is 0. The van der Waals surface area contributed by atoms with Crippen LogP contribution < -0.4 is 11.1 Å². The van der Waals surface area contributed by atoms with Gasteiger partial charge in [-0.2, -0.15) is 0 Å². The summed E-state index contributed by atoms with van der Waals surface area (Å²) in [5.41, 5.74) is 9.53. The van der Waals surface area contributed by atoms with Crippen LogP contribution in [0.1, 0.15) is 29.6 Å². The molecule has 3 nitrogen and oxygen atoms in total. The first-order chi connectivity index (χ1) is 8.74. The van der Waals surface area contributed by atoms with E-state index in [1.54, 1.807) is 12.1 Å². The monoisotopic (exact) mass is 240 g/mol. The Bertz CT molecular complexity index is 568. The molecular weight excluding hydrogens is 224 g/mol. The summed E-state index contributed by atoms with van der Waals surface area (Å²) in [6.07, 6.45) is 0.884. The van der Waals surface area contributed by atoms with Gasteiger partial charge in [0.2, 0.25) is 0 Å². The summed E-state index contributed by atoms with van der Waals surface area (Å²) in [4.78, 5) is 0. The van der Waals surface area contributed by atoms with Gasteiger partial charge >= 0.3 is 0 Å². The Morgan fingerprint density at radius 1 is 1.06 bits per heavy atom. The molecule has 0 aromatic heterocycles. The summed E-state index contributed by atoms with van der Waals surface area (Å²) in [7, 11) is 0. The van der Waals surface area contributed by atoms with Gasteiger partial charge in [0.25, 0.3) is 0 Å². The summed E-state index contributed by atoms with van der Waals surface area (Å²) < 4.78 is 0. The second-order valence-electron chi connectivity index (χ2n) is 4.72. The number of phenols is 1. The van der Waals surface area contributed by atoms with Gasteiger partial charge in [-0.25, -0.2) is 0 Å². The third-order valence-corrected chi connectivity index (χ3v) is 3.45. The fraction of sp³-hybridized carbons (Fsp3) is 0.200. The van der Waals surface area contributed by atoms with Crippen molar-refractivity contribution in [2.45, 2.75) is 18.5 Å². The fourth-order valence-corrected chi connectivity index (χ4v) is 2.61. The van der Waals surface area contributed by atoms with Crippen LogP contribution in [0, 0.1) is 0 Å². The van der Waals surface area contributed by atoms with E-state index in [0.29, 0.717) is 0 Å². The van der Waals surface area contributed by atoms with Gasteiger partial charge in [-0.15, -0.1) is 0 Å². The smallest absolute Gasteiger partial charge is 0.117 e. The Balaban J connectivity index is 1.87. The Labute approximate surface area is 106 Å². The number of nitrogens with one attached hydrogen (secondary N) is 1. The predicted molar refractivity (Wildman–Crippen MR) is 72.5 cm³/mol. The lowest BCUT2D eigenvalue weighted by molar-refractivity contribution is 0.475. The molecule has 0 amide bonds. The zero-order chi connectivity index (χ0) is 12.5. The molecule has 2 unspecified atom stereocenters. The fourth-order valence-electron chi connectivity index (χ4n) is 2.61. The van der Waals surface area contributed by atoms with Crippen LogP contribution in [0.25, 0.3) is 0 Å². The Hall–Kier alpha value is -2.00. The number of rotatable bonds is 2. The van der Waals surface area contributed by atoms with Crippen LogP contribution in [0.4, 0.5) is 5.69 Å². The quantitative estimate of drug-likeness (QED) is 0.756. The minimum absolute atomic E-state index is 0.0935. The van der Waals surface area contributed by atoms with E-state index in [2.05, 4.69) is 17.4 Å². The molecule has 0 aliphatic heterocycles. The van der Waals surface area contributed by atoms with Crippen molar-refractivity contribution in [1.82, 2.24) is 0 Å². The average molecular weight is 240 g/mol. The van der Waals surface area contributed by atoms with Crippen LogP contribution in [0.5, 0.6) is 5.75 Å². The van der Waals surface area contributed by atoms with E-state index in [-0.39, 0.29) is 17.8 Å². The first-order valence-electron chi connectivity index (χ1n) is 6.14. The second kappa shape index (κ2) is 4.35. The molecule has 2 atom stereocenters. The van der Waals surface area contributed by atoms with Crippen molar-refractivity contribution in [3.8, 4) is 5.75 Å². The molecule has 0 fully saturated rings. The van der Waals surface area contributed by atoms with E-state index in [1.807, 2.05) is 24.3 Å². The number of hydrogen-bond acceptors (Lipinski definition) is 3. The topological polar surface area (TPSA) is 58.3 Å². The van der Waals surface area contributed by atoms with E-state index in [4.69, 9.17) is 5.73 Å². The molecule has 0 saturated carbocycles. The van der Waals surface area contributed by atoms with Gasteiger partial charge in [0, 0.05) is 17.8 Å². The van der Waals surface area contributed by atoms with Crippen LogP contribution >= 0.6 is 0 Å². The van der Waals surface area contributed by atoms with Crippen LogP contribution in [-0.2, 0) is 0 Å². The highest BCUT2D eigenvalue weighted by molar-refractivity contribution is 5.51. The van der Waals surface area contributed by atoms with Crippen molar-refractivity contribution >= 4 is 5.69 Å². The molecule has 0 spiro atoms. The second-order valence-corrected chi connectivity index (χ2v) is 4.72. The van der Waals surface area contributed by atoms with E-state index >= 15 is 0 Å². The highest BCUT2D eigenvalue weighted by Gasteiger charge is 2.27. The summed E-state index contributed by atoms with van der Waals surface area (Å²) >= 11 is 0. The van der Waals surface area contributed by atoms with Crippen LogP contribution in [0.3, 0.4) is 0 Å². The largest absolute Gasteiger partial charge is 0.508 e. The minimum Gasteiger partial charge on any atom is -0.508 e. The Morgan fingerprint density at radius 2 is 1.83 bits per heavy atom. The van der Waals surface area contributed by atoms with Crippen molar-refractivity contribution in [3.05, 3.63) is 59.7 Å². The Morgan fingerprint density at radius 3 is 2.61 bits per heavy atom. The number of phenolic OH excluding ortho intramolecular Hbond substituents is 1. The van der Waals surface area contributed by atoms with Gasteiger partial charge < -0.3 is 16.2 Å². The molecule has 2 aromatic rings. The molecule has 4 N–H and O–H groups in total. The molecule has 2 aromatic carbocycles. The van der Waals surface area contributed by atoms with Gasteiger partial charge in [-0.3, -0.25) is 0 Å². The number of fused-ring (bicyclic) bond motifs is 1. The van der Waals surface area contributed by atoms with Gasteiger partial charge in [0.15, 0.2) is 0 Å². The molecule has 92 valence electrons. The van der Waals surface area contributed by atoms with E-state index in [0.717, 1.165) is 12.1 Å². The molecule has 3 rings (SSSR count). The first kappa shape index (κ1) is 11.1. The highest BCUT2D eigenvalue weighted by atomic mass is 16.3. The summed E-state index contributed by atoms with van der Waals surface area (Å²) in [5.74, 6) is 0.274. The standard InChI is InChI=1S/C15H16N2O/c16-14-9-15(13-7-2-1-6-12(13)14)17-10-4-3-5-11(18)8-10/h1-8,14-15,17-18H,9,16H2. The van der Waals surface area contributed by atoms with Crippen molar-refractivity contribution in [2.24, 2.45) is 5.73 Å². The van der Waals surface area contributed by atoms with Crippen molar-refractivity contribution in [3.63, 3.8) is 0 Å². The molecule has 0 radical (unpaired) electrons. The zero-order valence-corrected chi connectivity index (χ0v) is 10.0. The molecule has 0 saturated heterocycles. The van der Waals surface area contributed by atoms with Gasteiger partial charge in [-0.05, 0) is 29.7 Å². The van der Waals surface area contributed by atoms with Gasteiger partial charge in [0.05, 0.1) is 6.04 Å². The maximum absolute atomic E-state index is 9.47. The molecule has 18 heavy (non-hydrogen) atoms. The number of anilines is 1. The molecule has 1 aliphatic rings. The Kier molecular flexibility index (Phi) is 2.68. The molecule has 3 heteroatoms. The van der Waals surface area contributed by atoms with Crippen molar-refractivity contribution in [1.29, 1.82) is 0 Å². The first-order valence-corrected chi connectivity index (χ1v) is 6.14. The van der Waals surface area contributed by atoms with Crippen LogP contribution in [-0.4, -0.2) is 5.11 Å². The summed E-state index contributed by atoms with van der Waals surface area (Å²) in [5, 5.41) is 12.9. The third-order valence-electron chi connectivity index (χ3n) is 3.45. The van der Waals surface area contributed by atoms with Crippen LogP contribution in [0.2, 0.25) is 0 Å². The molecule has 0 heterocycles. The van der Waals surface area contributed by atoms with E-state index in [9.17, 15) is 5.11 Å². The third kappa shape index (κ3) is 1.93. The maximum Gasteiger partial charge on any atom is 0.117 e. The average Bonchev–Trinajstić information content (AvgIpc) is 2.67. The molecular formula is C15H16N2O. The lowest BCUT2D eigenvalue weighted by Gasteiger charge is -2.15. The SMILES string of the molecule is NC1CC(Nc2cccc(O)c2)c2ccccc21. The highest BCUT2D eigenvalue weighted by Crippen LogP contribution is 2.39. The van der Waals surface area contributed by atoms with Gasteiger partial charge in [-0.1, -0.05) is 30.3 Å². The van der Waals surface area contributed by atoms with Crippen molar-refractivity contribution in [2.75, 3.05) is 5.32 Å². The minimum atomic E-state index is 0.0935. The summed E-state index contributed by atoms with van der Waals surface area (Å²) in [6, 6.07) is 15.8.